The van der Waals surface area contributed by atoms with Crippen molar-refractivity contribution in [2.45, 2.75) is 19.5 Å². The van der Waals surface area contributed by atoms with Crippen LogP contribution in [0.2, 0.25) is 10.0 Å². The fourth-order valence-corrected chi connectivity index (χ4v) is 3.54. The summed E-state index contributed by atoms with van der Waals surface area (Å²) in [6, 6.07) is 9.27. The number of anilines is 1. The monoisotopic (exact) mass is 381 g/mol. The largest absolute Gasteiger partial charge is 0.368 e. The van der Waals surface area contributed by atoms with Gasteiger partial charge in [0, 0.05) is 25.2 Å². The van der Waals surface area contributed by atoms with E-state index in [2.05, 4.69) is 22.5 Å². The van der Waals surface area contributed by atoms with Crippen LogP contribution in [0.1, 0.15) is 12.5 Å². The number of benzene rings is 1. The third-order valence-corrected chi connectivity index (χ3v) is 5.27. The zero-order valence-electron chi connectivity index (χ0n) is 13.0. The maximum absolute atomic E-state index is 12.0. The Hall–Kier alpha value is -1.53. The van der Waals surface area contributed by atoms with Crippen LogP contribution in [0.4, 0.5) is 5.82 Å². The van der Waals surface area contributed by atoms with Crippen LogP contribution in [0, 0.1) is 0 Å². The van der Waals surface area contributed by atoms with Gasteiger partial charge in [-0.1, -0.05) is 29.3 Å². The molecule has 1 unspecified atom stereocenters. The van der Waals surface area contributed by atoms with Gasteiger partial charge in [0.2, 0.25) is 5.43 Å². The van der Waals surface area contributed by atoms with Gasteiger partial charge >= 0.3 is 0 Å². The normalized spacial score (nSPS) is 12.5. The first kappa shape index (κ1) is 17.3. The molecule has 2 aromatic heterocycles. The molecule has 1 atom stereocenters. The highest BCUT2D eigenvalue weighted by atomic mass is 35.5. The molecule has 0 fully saturated rings. The van der Waals surface area contributed by atoms with E-state index in [1.165, 1.54) is 11.3 Å². The lowest BCUT2D eigenvalue weighted by Crippen LogP contribution is -2.30. The molecule has 126 valence electrons. The molecule has 3 rings (SSSR count). The van der Waals surface area contributed by atoms with Crippen LogP contribution < -0.4 is 16.1 Å². The van der Waals surface area contributed by atoms with Crippen LogP contribution in [0.3, 0.4) is 0 Å². The lowest BCUT2D eigenvalue weighted by Gasteiger charge is -2.16. The summed E-state index contributed by atoms with van der Waals surface area (Å²) in [7, 11) is 0. The molecule has 0 spiro atoms. The molecule has 0 aliphatic heterocycles. The summed E-state index contributed by atoms with van der Waals surface area (Å²) < 4.78 is 0.756. The van der Waals surface area contributed by atoms with Crippen LogP contribution in [-0.2, 0) is 6.54 Å². The third-order valence-electron chi connectivity index (χ3n) is 3.60. The highest BCUT2D eigenvalue weighted by Crippen LogP contribution is 2.22. The van der Waals surface area contributed by atoms with Gasteiger partial charge in [0.1, 0.15) is 5.82 Å². The molecule has 0 aliphatic carbocycles. The number of thiophene rings is 1. The average Bonchev–Trinajstić information content (AvgIpc) is 3.00. The zero-order valence-corrected chi connectivity index (χ0v) is 15.4. The van der Waals surface area contributed by atoms with Crippen molar-refractivity contribution in [3.63, 3.8) is 0 Å². The summed E-state index contributed by atoms with van der Waals surface area (Å²) in [5.41, 5.74) is 1.98. The average molecular weight is 382 g/mol. The first-order chi connectivity index (χ1) is 11.5. The molecular formula is C17H17Cl2N3OS. The van der Waals surface area contributed by atoms with Gasteiger partial charge in [-0.2, -0.15) is 0 Å². The molecule has 1 aromatic carbocycles. The van der Waals surface area contributed by atoms with Crippen LogP contribution in [-0.4, -0.2) is 17.6 Å². The Morgan fingerprint density at radius 2 is 2.04 bits per heavy atom. The quantitative estimate of drug-likeness (QED) is 0.589. The van der Waals surface area contributed by atoms with Crippen molar-refractivity contribution in [2.24, 2.45) is 0 Å². The summed E-state index contributed by atoms with van der Waals surface area (Å²) in [4.78, 5) is 15.3. The SMILES string of the molecule is CC(CNCc1ccc(Cl)c(Cl)c1)Nc1cc(=O)c2sccc2[nH]1. The van der Waals surface area contributed by atoms with Gasteiger partial charge in [0.25, 0.3) is 0 Å². The van der Waals surface area contributed by atoms with E-state index in [0.29, 0.717) is 16.6 Å². The Morgan fingerprint density at radius 3 is 2.83 bits per heavy atom. The van der Waals surface area contributed by atoms with Crippen LogP contribution >= 0.6 is 34.5 Å². The first-order valence-corrected chi connectivity index (χ1v) is 9.18. The topological polar surface area (TPSA) is 56.9 Å². The number of hydrogen-bond donors (Lipinski definition) is 3. The van der Waals surface area contributed by atoms with E-state index >= 15 is 0 Å². The molecule has 7 heteroatoms. The van der Waals surface area contributed by atoms with E-state index in [-0.39, 0.29) is 11.5 Å². The van der Waals surface area contributed by atoms with Crippen LogP contribution in [0.5, 0.6) is 0 Å². The number of nitrogens with one attached hydrogen (secondary N) is 3. The number of aromatic amines is 1. The summed E-state index contributed by atoms with van der Waals surface area (Å²) >= 11 is 13.4. The van der Waals surface area contributed by atoms with E-state index < -0.39 is 0 Å². The predicted octanol–water partition coefficient (Wildman–Crippen LogP) is 4.49. The van der Waals surface area contributed by atoms with Crippen LogP contribution in [0.25, 0.3) is 10.2 Å². The molecule has 3 aromatic rings. The molecule has 24 heavy (non-hydrogen) atoms. The molecule has 0 radical (unpaired) electrons. The second-order valence-electron chi connectivity index (χ2n) is 5.64. The number of aromatic nitrogens is 1. The van der Waals surface area contributed by atoms with Crippen molar-refractivity contribution >= 4 is 50.6 Å². The number of H-pyrrole nitrogens is 1. The standard InChI is InChI=1S/C17H17Cl2N3OS/c1-10(8-20-9-11-2-3-12(18)13(19)6-11)21-16-7-15(23)17-14(22-16)4-5-24-17/h2-7,10,20H,8-9H2,1H3,(H2,21,22,23). The molecule has 0 saturated heterocycles. The van der Waals surface area contributed by atoms with Gasteiger partial charge < -0.3 is 15.6 Å². The minimum absolute atomic E-state index is 0.0391. The maximum atomic E-state index is 12.0. The highest BCUT2D eigenvalue weighted by Gasteiger charge is 2.07. The molecule has 0 saturated carbocycles. The number of halogens is 2. The van der Waals surface area contributed by atoms with E-state index in [1.54, 1.807) is 12.1 Å². The van der Waals surface area contributed by atoms with Crippen molar-refractivity contribution in [2.75, 3.05) is 11.9 Å². The van der Waals surface area contributed by atoms with Gasteiger partial charge in [-0.3, -0.25) is 4.79 Å². The van der Waals surface area contributed by atoms with Crippen molar-refractivity contribution in [1.82, 2.24) is 10.3 Å². The van der Waals surface area contributed by atoms with Crippen molar-refractivity contribution < 1.29 is 0 Å². The molecule has 2 heterocycles. The zero-order chi connectivity index (χ0) is 17.1. The molecule has 4 nitrogen and oxygen atoms in total. The molecule has 0 aliphatic rings. The molecular weight excluding hydrogens is 365 g/mol. The lowest BCUT2D eigenvalue weighted by molar-refractivity contribution is 0.631. The minimum Gasteiger partial charge on any atom is -0.368 e. The molecule has 0 amide bonds. The van der Waals surface area contributed by atoms with E-state index in [1.807, 2.05) is 23.6 Å². The Morgan fingerprint density at radius 1 is 1.21 bits per heavy atom. The molecule has 0 bridgehead atoms. The van der Waals surface area contributed by atoms with E-state index in [4.69, 9.17) is 23.2 Å². The maximum Gasteiger partial charge on any atom is 0.201 e. The van der Waals surface area contributed by atoms with Gasteiger partial charge in [-0.25, -0.2) is 0 Å². The van der Waals surface area contributed by atoms with E-state index in [0.717, 1.165) is 28.1 Å². The Bertz CT molecular complexity index is 906. The summed E-state index contributed by atoms with van der Waals surface area (Å²) in [6.45, 7) is 3.49. The smallest absolute Gasteiger partial charge is 0.201 e. The summed E-state index contributed by atoms with van der Waals surface area (Å²) in [5.74, 6) is 0.731. The summed E-state index contributed by atoms with van der Waals surface area (Å²) in [5, 5.41) is 9.70. The van der Waals surface area contributed by atoms with Gasteiger partial charge in [0.05, 0.1) is 20.3 Å². The number of fused-ring (bicyclic) bond motifs is 1. The van der Waals surface area contributed by atoms with Gasteiger partial charge in [-0.05, 0) is 36.1 Å². The van der Waals surface area contributed by atoms with Gasteiger partial charge in [-0.15, -0.1) is 11.3 Å². The molecule has 3 N–H and O–H groups in total. The fraction of sp³-hybridized carbons (Fsp3) is 0.235. The van der Waals surface area contributed by atoms with Crippen molar-refractivity contribution in [1.29, 1.82) is 0 Å². The predicted molar refractivity (Wildman–Crippen MR) is 104 cm³/mol. The second kappa shape index (κ2) is 7.57. The van der Waals surface area contributed by atoms with Crippen molar-refractivity contribution in [3.8, 4) is 0 Å². The van der Waals surface area contributed by atoms with Crippen LogP contribution in [0.15, 0.2) is 40.5 Å². The summed E-state index contributed by atoms with van der Waals surface area (Å²) in [6.07, 6.45) is 0. The number of hydrogen-bond acceptors (Lipinski definition) is 4. The second-order valence-corrected chi connectivity index (χ2v) is 7.37. The lowest BCUT2D eigenvalue weighted by atomic mass is 10.2. The van der Waals surface area contributed by atoms with Gasteiger partial charge in [0.15, 0.2) is 0 Å². The first-order valence-electron chi connectivity index (χ1n) is 7.54. The Kier molecular flexibility index (Phi) is 5.46. The minimum atomic E-state index is 0.0391. The third kappa shape index (κ3) is 4.11. The highest BCUT2D eigenvalue weighted by molar-refractivity contribution is 7.17. The Balaban J connectivity index is 1.55. The van der Waals surface area contributed by atoms with Crippen molar-refractivity contribution in [3.05, 3.63) is 61.5 Å². The number of pyridine rings is 1. The number of rotatable bonds is 6. The Labute approximate surface area is 153 Å². The van der Waals surface area contributed by atoms with E-state index in [9.17, 15) is 4.79 Å². The fourth-order valence-electron chi connectivity index (χ4n) is 2.45.